The molecule has 0 fully saturated rings. The van der Waals surface area contributed by atoms with E-state index in [4.69, 9.17) is 0 Å². The molecule has 0 saturated heterocycles. The molecule has 2 aromatic heterocycles. The van der Waals surface area contributed by atoms with Gasteiger partial charge >= 0.3 is 6.18 Å². The van der Waals surface area contributed by atoms with E-state index in [9.17, 15) is 26.0 Å². The van der Waals surface area contributed by atoms with Crippen LogP contribution in [0, 0.1) is 12.7 Å². The zero-order valence-electron chi connectivity index (χ0n) is 20.7. The van der Waals surface area contributed by atoms with Crippen LogP contribution in [0.1, 0.15) is 22.8 Å². The zero-order valence-corrected chi connectivity index (χ0v) is 21.5. The number of imidazole rings is 1. The van der Waals surface area contributed by atoms with Gasteiger partial charge in [0, 0.05) is 18.9 Å². The van der Waals surface area contributed by atoms with Crippen molar-refractivity contribution in [3.63, 3.8) is 0 Å². The van der Waals surface area contributed by atoms with Crippen molar-refractivity contribution in [2.45, 2.75) is 24.4 Å². The second-order valence-corrected chi connectivity index (χ2v) is 11.0. The molecule has 0 atom stereocenters. The summed E-state index contributed by atoms with van der Waals surface area (Å²) in [5, 5.41) is 8.22. The van der Waals surface area contributed by atoms with Crippen LogP contribution >= 0.6 is 0 Å². The van der Waals surface area contributed by atoms with Crippen LogP contribution in [0.4, 0.5) is 17.6 Å². The molecule has 0 bridgehead atoms. The largest absolute Gasteiger partial charge is 0.434 e. The van der Waals surface area contributed by atoms with Gasteiger partial charge in [-0.1, -0.05) is 35.5 Å². The Hall–Kier alpha value is -4.32. The number of halogens is 4. The van der Waals surface area contributed by atoms with Crippen molar-refractivity contribution in [3.05, 3.63) is 108 Å². The number of sulfone groups is 1. The molecule has 3 aromatic carbocycles. The molecule has 39 heavy (non-hydrogen) atoms. The van der Waals surface area contributed by atoms with E-state index < -0.39 is 21.7 Å². The molecule has 0 spiro atoms. The minimum atomic E-state index is -4.64. The number of aromatic nitrogens is 5. The smallest absolute Gasteiger partial charge is 0.301 e. The molecule has 0 aliphatic carbocycles. The van der Waals surface area contributed by atoms with Crippen molar-refractivity contribution in [1.82, 2.24) is 24.5 Å². The molecular formula is C27H21F4N5O2S. The first-order valence-electron chi connectivity index (χ1n) is 11.6. The van der Waals surface area contributed by atoms with E-state index in [0.717, 1.165) is 18.0 Å². The summed E-state index contributed by atoms with van der Waals surface area (Å²) in [5.41, 5.74) is 2.27. The van der Waals surface area contributed by atoms with Gasteiger partial charge < -0.3 is 4.57 Å². The van der Waals surface area contributed by atoms with Crippen LogP contribution in [0.25, 0.3) is 22.5 Å². The number of aryl methyl sites for hydroxylation is 1. The summed E-state index contributed by atoms with van der Waals surface area (Å²) in [7, 11) is -3.47. The third kappa shape index (κ3) is 5.46. The summed E-state index contributed by atoms with van der Waals surface area (Å²) in [6.45, 7) is 1.46. The van der Waals surface area contributed by atoms with Crippen LogP contribution in [0.15, 0.2) is 84.0 Å². The Labute approximate surface area is 221 Å². The number of hydrogen-bond acceptors (Lipinski definition) is 5. The van der Waals surface area contributed by atoms with E-state index >= 15 is 0 Å². The molecule has 0 radical (unpaired) electrons. The van der Waals surface area contributed by atoms with Gasteiger partial charge in [-0.3, -0.25) is 0 Å². The van der Waals surface area contributed by atoms with Gasteiger partial charge in [0.1, 0.15) is 11.6 Å². The number of hydrogen-bond donors (Lipinski definition) is 0. The molecule has 2 heterocycles. The highest BCUT2D eigenvalue weighted by Gasteiger charge is 2.34. The lowest BCUT2D eigenvalue weighted by Crippen LogP contribution is -2.09. The second kappa shape index (κ2) is 9.77. The summed E-state index contributed by atoms with van der Waals surface area (Å²) in [6, 6.07) is 17.3. The number of alkyl halides is 3. The highest BCUT2D eigenvalue weighted by molar-refractivity contribution is 7.90. The van der Waals surface area contributed by atoms with Crippen molar-refractivity contribution in [1.29, 1.82) is 0 Å². The Balaban J connectivity index is 1.69. The molecule has 0 saturated carbocycles. The van der Waals surface area contributed by atoms with E-state index in [1.54, 1.807) is 42.5 Å². The van der Waals surface area contributed by atoms with Crippen molar-refractivity contribution >= 4 is 9.84 Å². The van der Waals surface area contributed by atoms with Crippen LogP contribution in [-0.4, -0.2) is 39.2 Å². The summed E-state index contributed by atoms with van der Waals surface area (Å²) in [5.74, 6) is -0.275. The van der Waals surface area contributed by atoms with Crippen LogP contribution in [0.5, 0.6) is 0 Å². The Kier molecular flexibility index (Phi) is 6.59. The Morgan fingerprint density at radius 2 is 1.64 bits per heavy atom. The Bertz CT molecular complexity index is 1770. The minimum absolute atomic E-state index is 0.107. The summed E-state index contributed by atoms with van der Waals surface area (Å²) in [6.07, 6.45) is -0.779. The monoisotopic (exact) mass is 555 g/mol. The van der Waals surface area contributed by atoms with Gasteiger partial charge in [0.2, 0.25) is 0 Å². The van der Waals surface area contributed by atoms with E-state index in [-0.39, 0.29) is 16.5 Å². The maximum Gasteiger partial charge on any atom is 0.434 e. The summed E-state index contributed by atoms with van der Waals surface area (Å²) < 4.78 is 80.8. The molecule has 7 nitrogen and oxygen atoms in total. The van der Waals surface area contributed by atoms with Gasteiger partial charge in [-0.2, -0.15) is 13.2 Å². The molecule has 5 rings (SSSR count). The van der Waals surface area contributed by atoms with Gasteiger partial charge in [0.15, 0.2) is 15.5 Å². The maximum absolute atomic E-state index is 13.4. The SMILES string of the molecule is Cc1nc(C(F)(F)F)cn1-c1ccc(-c2cccc(S(C)(=O)=O)c2)cc1-n1nncc1Cc1ccc(F)cc1. The van der Waals surface area contributed by atoms with E-state index in [0.29, 0.717) is 34.6 Å². The van der Waals surface area contributed by atoms with E-state index in [1.807, 2.05) is 0 Å². The topological polar surface area (TPSA) is 82.7 Å². The van der Waals surface area contributed by atoms with Crippen molar-refractivity contribution in [3.8, 4) is 22.5 Å². The summed E-state index contributed by atoms with van der Waals surface area (Å²) >= 11 is 0. The highest BCUT2D eigenvalue weighted by Crippen LogP contribution is 2.33. The minimum Gasteiger partial charge on any atom is -0.301 e. The van der Waals surface area contributed by atoms with Crippen LogP contribution in [-0.2, 0) is 22.4 Å². The molecule has 200 valence electrons. The van der Waals surface area contributed by atoms with Crippen molar-refractivity contribution < 1.29 is 26.0 Å². The fourth-order valence-electron chi connectivity index (χ4n) is 4.23. The average molecular weight is 556 g/mol. The third-order valence-electron chi connectivity index (χ3n) is 6.15. The molecule has 0 aliphatic heterocycles. The molecule has 5 aromatic rings. The van der Waals surface area contributed by atoms with Crippen molar-refractivity contribution in [2.24, 2.45) is 0 Å². The molecule has 12 heteroatoms. The number of rotatable bonds is 6. The molecular weight excluding hydrogens is 534 g/mol. The van der Waals surface area contributed by atoms with Crippen LogP contribution in [0.3, 0.4) is 0 Å². The lowest BCUT2D eigenvalue weighted by Gasteiger charge is -2.16. The van der Waals surface area contributed by atoms with E-state index in [2.05, 4.69) is 15.3 Å². The van der Waals surface area contributed by atoms with E-state index in [1.165, 1.54) is 46.6 Å². The van der Waals surface area contributed by atoms with Gasteiger partial charge in [-0.05, 0) is 60.0 Å². The number of nitrogens with zero attached hydrogens (tertiary/aromatic N) is 5. The molecule has 0 N–H and O–H groups in total. The maximum atomic E-state index is 13.4. The molecule has 0 unspecified atom stereocenters. The van der Waals surface area contributed by atoms with Crippen LogP contribution < -0.4 is 0 Å². The second-order valence-electron chi connectivity index (χ2n) is 8.99. The zero-order chi connectivity index (χ0) is 27.9. The van der Waals surface area contributed by atoms with Gasteiger partial charge in [0.25, 0.3) is 0 Å². The average Bonchev–Trinajstić information content (AvgIpc) is 3.51. The van der Waals surface area contributed by atoms with Gasteiger partial charge in [-0.15, -0.1) is 5.10 Å². The fourth-order valence-corrected chi connectivity index (χ4v) is 4.89. The lowest BCUT2D eigenvalue weighted by molar-refractivity contribution is -0.141. The number of benzene rings is 3. The predicted octanol–water partition coefficient (Wildman–Crippen LogP) is 5.58. The van der Waals surface area contributed by atoms with Gasteiger partial charge in [-0.25, -0.2) is 22.5 Å². The normalized spacial score (nSPS) is 12.2. The van der Waals surface area contributed by atoms with Gasteiger partial charge in [0.05, 0.1) is 28.2 Å². The predicted molar refractivity (Wildman–Crippen MR) is 136 cm³/mol. The van der Waals surface area contributed by atoms with Crippen molar-refractivity contribution in [2.75, 3.05) is 6.26 Å². The van der Waals surface area contributed by atoms with Crippen LogP contribution in [0.2, 0.25) is 0 Å². The first-order valence-corrected chi connectivity index (χ1v) is 13.5. The Morgan fingerprint density at radius 1 is 0.923 bits per heavy atom. The standard InChI is InChI=1S/C27H21F4N5O2S/c1-17-33-26(27(29,30)31)16-35(17)24-11-8-20(19-4-3-5-23(13-19)39(2,37)38)14-25(24)36-22(15-32-34-36)12-18-6-9-21(28)10-7-18/h3-11,13-16H,12H2,1-2H3. The first kappa shape index (κ1) is 26.3. The Morgan fingerprint density at radius 3 is 2.31 bits per heavy atom. The lowest BCUT2D eigenvalue weighted by atomic mass is 10.0. The first-order chi connectivity index (χ1) is 18.4. The molecule has 0 amide bonds. The quantitative estimate of drug-likeness (QED) is 0.256. The third-order valence-corrected chi connectivity index (χ3v) is 7.26. The highest BCUT2D eigenvalue weighted by atomic mass is 32.2. The fraction of sp³-hybridized carbons (Fsp3) is 0.148. The summed E-state index contributed by atoms with van der Waals surface area (Å²) in [4.78, 5) is 3.82. The molecule has 0 aliphatic rings.